The summed E-state index contributed by atoms with van der Waals surface area (Å²) in [6.07, 6.45) is 10.7. The molecule has 2 fully saturated rings. The third kappa shape index (κ3) is 6.11. The minimum absolute atomic E-state index is 0. The fourth-order valence-corrected chi connectivity index (χ4v) is 5.60. The van der Waals surface area contributed by atoms with Crippen LogP contribution < -0.4 is 0 Å². The molecular weight excluding hydrogens is 403 g/mol. The molecule has 2 atom stereocenters. The maximum Gasteiger partial charge on any atom is 0.0712 e. The Morgan fingerprint density at radius 1 is 1.03 bits per heavy atom. The molecule has 2 unspecified atom stereocenters. The fourth-order valence-electron chi connectivity index (χ4n) is 5.60. The van der Waals surface area contributed by atoms with Crippen LogP contribution in [-0.2, 0) is 5.54 Å². The van der Waals surface area contributed by atoms with Crippen molar-refractivity contribution < 1.29 is 5.11 Å². The molecule has 1 heterocycles. The van der Waals surface area contributed by atoms with Crippen molar-refractivity contribution in [3.8, 4) is 0 Å². The number of aliphatic hydroxyl groups is 1. The molecule has 5 heteroatoms. The van der Waals surface area contributed by atoms with E-state index in [2.05, 4.69) is 61.2 Å². The smallest absolute Gasteiger partial charge is 0.0712 e. The SMILES string of the molecule is CCCCC1(O)CCN(C2(c3ccccc3)CCCCC2)CC1CN(C)C.Cl.Cl. The van der Waals surface area contributed by atoms with Crippen LogP contribution in [0.15, 0.2) is 30.3 Å². The molecule has 0 aromatic heterocycles. The minimum atomic E-state index is -0.497. The Morgan fingerprint density at radius 2 is 1.69 bits per heavy atom. The molecule has 1 N–H and O–H groups in total. The van der Waals surface area contributed by atoms with Crippen molar-refractivity contribution in [2.75, 3.05) is 33.7 Å². The molecule has 3 rings (SSSR count). The van der Waals surface area contributed by atoms with Gasteiger partial charge in [-0.15, -0.1) is 24.8 Å². The summed E-state index contributed by atoms with van der Waals surface area (Å²) in [6.45, 7) is 5.25. The van der Waals surface area contributed by atoms with Crippen LogP contribution in [0.3, 0.4) is 0 Å². The standard InChI is InChI=1S/C24H40N2O.2ClH/c1-4-5-16-24(27)17-18-26(20-22(24)19-25(2)3)23(14-10-7-11-15-23)21-12-8-6-9-13-21;;/h6,8-9,12-13,22,27H,4-5,7,10-11,14-20H2,1-3H3;2*1H. The van der Waals surface area contributed by atoms with E-state index in [0.29, 0.717) is 5.92 Å². The highest BCUT2D eigenvalue weighted by Gasteiger charge is 2.47. The van der Waals surface area contributed by atoms with Crippen molar-refractivity contribution in [2.24, 2.45) is 5.92 Å². The first kappa shape index (κ1) is 26.7. The molecular formula is C24H42Cl2N2O. The number of likely N-dealkylation sites (tertiary alicyclic amines) is 1. The molecule has 0 bridgehead atoms. The van der Waals surface area contributed by atoms with Gasteiger partial charge in [-0.3, -0.25) is 4.90 Å². The van der Waals surface area contributed by atoms with E-state index >= 15 is 0 Å². The van der Waals surface area contributed by atoms with Crippen molar-refractivity contribution in [1.29, 1.82) is 0 Å². The van der Waals surface area contributed by atoms with Crippen LogP contribution in [0.5, 0.6) is 0 Å². The summed E-state index contributed by atoms with van der Waals surface area (Å²) in [6, 6.07) is 11.2. The first-order valence-corrected chi connectivity index (χ1v) is 11.2. The largest absolute Gasteiger partial charge is 0.389 e. The number of nitrogens with zero attached hydrogens (tertiary/aromatic N) is 2. The number of hydrogen-bond donors (Lipinski definition) is 1. The average Bonchev–Trinajstić information content (AvgIpc) is 2.69. The fraction of sp³-hybridized carbons (Fsp3) is 0.750. The molecule has 1 saturated carbocycles. The highest BCUT2D eigenvalue weighted by Crippen LogP contribution is 2.46. The molecule has 0 spiro atoms. The third-order valence-corrected chi connectivity index (χ3v) is 7.16. The summed E-state index contributed by atoms with van der Waals surface area (Å²) in [5.74, 6) is 0.329. The Bertz CT molecular complexity index is 578. The summed E-state index contributed by atoms with van der Waals surface area (Å²) in [7, 11) is 4.29. The molecule has 1 aliphatic heterocycles. The van der Waals surface area contributed by atoms with Gasteiger partial charge in [0.05, 0.1) is 5.60 Å². The Hall–Kier alpha value is -0.320. The van der Waals surface area contributed by atoms with E-state index in [-0.39, 0.29) is 30.4 Å². The zero-order chi connectivity index (χ0) is 19.3. The van der Waals surface area contributed by atoms with Crippen LogP contribution >= 0.6 is 24.8 Å². The summed E-state index contributed by atoms with van der Waals surface area (Å²) >= 11 is 0. The predicted molar refractivity (Wildman–Crippen MR) is 128 cm³/mol. The monoisotopic (exact) mass is 444 g/mol. The zero-order valence-corrected chi connectivity index (χ0v) is 20.2. The molecule has 168 valence electrons. The van der Waals surface area contributed by atoms with Gasteiger partial charge >= 0.3 is 0 Å². The average molecular weight is 446 g/mol. The second-order valence-electron chi connectivity index (χ2n) is 9.32. The van der Waals surface area contributed by atoms with Gasteiger partial charge in [-0.25, -0.2) is 0 Å². The summed E-state index contributed by atoms with van der Waals surface area (Å²) in [5, 5.41) is 11.5. The van der Waals surface area contributed by atoms with Gasteiger partial charge in [0.1, 0.15) is 0 Å². The molecule has 2 aliphatic rings. The molecule has 0 radical (unpaired) electrons. The number of benzene rings is 1. The normalized spacial score (nSPS) is 27.1. The van der Waals surface area contributed by atoms with Crippen LogP contribution in [-0.4, -0.2) is 54.2 Å². The Balaban J connectivity index is 0.00000210. The van der Waals surface area contributed by atoms with E-state index in [0.717, 1.165) is 45.3 Å². The van der Waals surface area contributed by atoms with Crippen molar-refractivity contribution >= 4 is 24.8 Å². The van der Waals surface area contributed by atoms with E-state index in [1.165, 1.54) is 37.7 Å². The van der Waals surface area contributed by atoms with Gasteiger partial charge in [0.25, 0.3) is 0 Å². The number of unbranched alkanes of at least 4 members (excludes halogenated alkanes) is 1. The quantitative estimate of drug-likeness (QED) is 0.601. The maximum absolute atomic E-state index is 11.5. The van der Waals surface area contributed by atoms with Gasteiger partial charge in [0.2, 0.25) is 0 Å². The van der Waals surface area contributed by atoms with Crippen LogP contribution in [0.4, 0.5) is 0 Å². The first-order chi connectivity index (χ1) is 13.0. The lowest BCUT2D eigenvalue weighted by Crippen LogP contribution is -2.60. The van der Waals surface area contributed by atoms with Crippen LogP contribution in [0.1, 0.15) is 70.3 Å². The lowest BCUT2D eigenvalue weighted by molar-refractivity contribution is -0.114. The summed E-state index contributed by atoms with van der Waals surface area (Å²) in [4.78, 5) is 5.03. The van der Waals surface area contributed by atoms with Gasteiger partial charge < -0.3 is 10.0 Å². The Kier molecular flexibility index (Phi) is 11.0. The molecule has 1 saturated heterocycles. The lowest BCUT2D eigenvalue weighted by Gasteiger charge is -2.54. The van der Waals surface area contributed by atoms with Crippen molar-refractivity contribution in [3.05, 3.63) is 35.9 Å². The third-order valence-electron chi connectivity index (χ3n) is 7.16. The van der Waals surface area contributed by atoms with E-state index in [4.69, 9.17) is 0 Å². The number of hydrogen-bond acceptors (Lipinski definition) is 3. The van der Waals surface area contributed by atoms with E-state index in [9.17, 15) is 5.11 Å². The molecule has 1 aromatic rings. The van der Waals surface area contributed by atoms with Crippen molar-refractivity contribution in [3.63, 3.8) is 0 Å². The molecule has 0 amide bonds. The van der Waals surface area contributed by atoms with E-state index in [1.54, 1.807) is 0 Å². The number of halogens is 2. The predicted octanol–water partition coefficient (Wildman–Crippen LogP) is 5.49. The van der Waals surface area contributed by atoms with Crippen LogP contribution in [0, 0.1) is 5.92 Å². The second-order valence-corrected chi connectivity index (χ2v) is 9.32. The second kappa shape index (κ2) is 11.9. The van der Waals surface area contributed by atoms with Crippen LogP contribution in [0.25, 0.3) is 0 Å². The van der Waals surface area contributed by atoms with Crippen LogP contribution in [0.2, 0.25) is 0 Å². The van der Waals surface area contributed by atoms with Gasteiger partial charge in [0, 0.05) is 31.1 Å². The zero-order valence-electron chi connectivity index (χ0n) is 18.6. The van der Waals surface area contributed by atoms with E-state index < -0.39 is 5.60 Å². The lowest BCUT2D eigenvalue weighted by atomic mass is 9.71. The Morgan fingerprint density at radius 3 is 2.28 bits per heavy atom. The minimum Gasteiger partial charge on any atom is -0.389 e. The molecule has 3 nitrogen and oxygen atoms in total. The summed E-state index contributed by atoms with van der Waals surface area (Å²) in [5.41, 5.74) is 1.17. The topological polar surface area (TPSA) is 26.7 Å². The number of rotatable bonds is 7. The van der Waals surface area contributed by atoms with Crippen molar-refractivity contribution in [1.82, 2.24) is 9.80 Å². The van der Waals surface area contributed by atoms with Crippen molar-refractivity contribution in [2.45, 2.75) is 75.9 Å². The first-order valence-electron chi connectivity index (χ1n) is 11.2. The van der Waals surface area contributed by atoms with E-state index in [1.807, 2.05) is 0 Å². The summed E-state index contributed by atoms with van der Waals surface area (Å²) < 4.78 is 0. The number of piperidine rings is 1. The Labute approximate surface area is 191 Å². The maximum atomic E-state index is 11.5. The molecule has 29 heavy (non-hydrogen) atoms. The van der Waals surface area contributed by atoms with Gasteiger partial charge in [0.15, 0.2) is 0 Å². The molecule has 1 aliphatic carbocycles. The highest BCUT2D eigenvalue weighted by molar-refractivity contribution is 5.85. The van der Waals surface area contributed by atoms with Gasteiger partial charge in [-0.1, -0.05) is 69.4 Å². The van der Waals surface area contributed by atoms with Gasteiger partial charge in [-0.05, 0) is 45.3 Å². The van der Waals surface area contributed by atoms with Gasteiger partial charge in [-0.2, -0.15) is 0 Å². The highest BCUT2D eigenvalue weighted by atomic mass is 35.5. The molecule has 1 aromatic carbocycles.